The molecule has 0 aromatic heterocycles. The molecule has 3 amide bonds. The van der Waals surface area contributed by atoms with Crippen molar-refractivity contribution in [3.05, 3.63) is 54.6 Å². The fraction of sp³-hybridized carbons (Fsp3) is 0.519. The van der Waals surface area contributed by atoms with Gasteiger partial charge in [-0.15, -0.1) is 24.9 Å². The molecule has 6 atom stereocenters. The number of likely N-dealkylation sites (tertiary alicyclic amines) is 1. The standard InChI is InChI=1S/C27H34ClN3O4S/c1-6-14-29(5)23(33)20-21-24(34)31(17(3)16-32)22(27(21)13-12-26(20,4)36-27)25(35)30(15-7-2)19-11-9-8-10-18(19)28/h6-11,17,20-22,32H,1-2,12-16H2,3-5H3/t17-,20-,21+,22?,26+,27?/m1/s1. The minimum absolute atomic E-state index is 0.108. The SMILES string of the molecule is C=CCN(C)C(=O)[C@H]1[C@H]2C(=O)N([C@H](C)CO)C(C(=O)N(CC=C)c3ccccc3Cl)C23CC[C@]1(C)S3. The van der Waals surface area contributed by atoms with Crippen molar-refractivity contribution in [3.63, 3.8) is 0 Å². The summed E-state index contributed by atoms with van der Waals surface area (Å²) in [6, 6.07) is 5.66. The molecule has 1 N–H and O–H groups in total. The van der Waals surface area contributed by atoms with Gasteiger partial charge in [-0.1, -0.05) is 35.9 Å². The van der Waals surface area contributed by atoms with Crippen LogP contribution in [0, 0.1) is 11.8 Å². The van der Waals surface area contributed by atoms with Gasteiger partial charge in [-0.05, 0) is 38.8 Å². The molecule has 2 unspecified atom stereocenters. The van der Waals surface area contributed by atoms with E-state index in [0.29, 0.717) is 23.7 Å². The summed E-state index contributed by atoms with van der Waals surface area (Å²) >= 11 is 8.09. The fourth-order valence-corrected chi connectivity index (χ4v) is 8.92. The van der Waals surface area contributed by atoms with Crippen molar-refractivity contribution in [1.29, 1.82) is 0 Å². The number of hydrogen-bond acceptors (Lipinski definition) is 5. The van der Waals surface area contributed by atoms with Gasteiger partial charge in [-0.25, -0.2) is 0 Å². The molecule has 3 heterocycles. The van der Waals surface area contributed by atoms with Crippen LogP contribution in [0.5, 0.6) is 0 Å². The molecule has 3 aliphatic heterocycles. The molecule has 2 bridgehead atoms. The molecule has 9 heteroatoms. The highest BCUT2D eigenvalue weighted by molar-refractivity contribution is 8.02. The zero-order valence-electron chi connectivity index (χ0n) is 21.0. The Kier molecular flexibility index (Phi) is 7.34. The molecule has 0 saturated carbocycles. The predicted octanol–water partition coefficient (Wildman–Crippen LogP) is 3.37. The fourth-order valence-electron chi connectivity index (χ4n) is 6.36. The maximum Gasteiger partial charge on any atom is 0.251 e. The molecule has 3 aliphatic rings. The van der Waals surface area contributed by atoms with Crippen LogP contribution in [-0.2, 0) is 14.4 Å². The maximum atomic E-state index is 14.4. The Morgan fingerprint density at radius 1 is 1.25 bits per heavy atom. The predicted molar refractivity (Wildman–Crippen MR) is 144 cm³/mol. The van der Waals surface area contributed by atoms with Crippen LogP contribution in [0.3, 0.4) is 0 Å². The Morgan fingerprint density at radius 3 is 2.53 bits per heavy atom. The van der Waals surface area contributed by atoms with Gasteiger partial charge in [0.2, 0.25) is 11.8 Å². The summed E-state index contributed by atoms with van der Waals surface area (Å²) in [4.78, 5) is 46.9. The third-order valence-electron chi connectivity index (χ3n) is 7.95. The molecular formula is C27H34ClN3O4S. The van der Waals surface area contributed by atoms with E-state index in [0.717, 1.165) is 6.42 Å². The van der Waals surface area contributed by atoms with Crippen LogP contribution in [0.1, 0.15) is 26.7 Å². The van der Waals surface area contributed by atoms with E-state index in [-0.39, 0.29) is 30.9 Å². The zero-order valence-corrected chi connectivity index (χ0v) is 22.6. The van der Waals surface area contributed by atoms with Crippen molar-refractivity contribution in [2.75, 3.05) is 31.6 Å². The van der Waals surface area contributed by atoms with Crippen molar-refractivity contribution in [2.45, 2.75) is 48.3 Å². The molecule has 1 aromatic rings. The number of nitrogens with zero attached hydrogens (tertiary/aromatic N) is 3. The summed E-state index contributed by atoms with van der Waals surface area (Å²) in [5.74, 6) is -1.84. The Balaban J connectivity index is 1.84. The number of carbonyl (C=O) groups is 3. The van der Waals surface area contributed by atoms with Gasteiger partial charge in [-0.3, -0.25) is 14.4 Å². The first-order valence-electron chi connectivity index (χ1n) is 12.2. The summed E-state index contributed by atoms with van der Waals surface area (Å²) in [6.07, 6.45) is 4.65. The molecule has 1 spiro atoms. The Bertz CT molecular complexity index is 1100. The van der Waals surface area contributed by atoms with E-state index in [9.17, 15) is 19.5 Å². The molecule has 0 radical (unpaired) electrons. The number of aliphatic hydroxyl groups is 1. The largest absolute Gasteiger partial charge is 0.394 e. The molecular weight excluding hydrogens is 498 g/mol. The van der Waals surface area contributed by atoms with E-state index < -0.39 is 33.4 Å². The highest BCUT2D eigenvalue weighted by Crippen LogP contribution is 2.71. The lowest BCUT2D eigenvalue weighted by molar-refractivity contribution is -0.145. The smallest absolute Gasteiger partial charge is 0.251 e. The lowest BCUT2D eigenvalue weighted by atomic mass is 9.66. The summed E-state index contributed by atoms with van der Waals surface area (Å²) in [7, 11) is 1.72. The minimum atomic E-state index is -0.845. The maximum absolute atomic E-state index is 14.4. The van der Waals surface area contributed by atoms with E-state index in [4.69, 9.17) is 11.6 Å². The summed E-state index contributed by atoms with van der Waals surface area (Å²) in [5, 5.41) is 10.5. The van der Waals surface area contributed by atoms with Crippen molar-refractivity contribution in [3.8, 4) is 0 Å². The molecule has 4 rings (SSSR count). The minimum Gasteiger partial charge on any atom is -0.394 e. The zero-order chi connectivity index (χ0) is 26.4. The molecule has 194 valence electrons. The number of halogens is 1. The van der Waals surface area contributed by atoms with Gasteiger partial charge in [0.1, 0.15) is 6.04 Å². The number of rotatable bonds is 9. The van der Waals surface area contributed by atoms with Crippen LogP contribution in [0.2, 0.25) is 5.02 Å². The molecule has 7 nitrogen and oxygen atoms in total. The van der Waals surface area contributed by atoms with Crippen molar-refractivity contribution < 1.29 is 19.5 Å². The van der Waals surface area contributed by atoms with E-state index >= 15 is 0 Å². The highest BCUT2D eigenvalue weighted by Gasteiger charge is 2.77. The van der Waals surface area contributed by atoms with Crippen LogP contribution in [0.15, 0.2) is 49.6 Å². The van der Waals surface area contributed by atoms with Crippen molar-refractivity contribution >= 4 is 46.8 Å². The number of hydrogen-bond donors (Lipinski definition) is 1. The number of benzene rings is 1. The monoisotopic (exact) mass is 531 g/mol. The molecule has 1 aromatic carbocycles. The van der Waals surface area contributed by atoms with Crippen molar-refractivity contribution in [2.24, 2.45) is 11.8 Å². The number of aliphatic hydroxyl groups excluding tert-OH is 1. The van der Waals surface area contributed by atoms with Gasteiger partial charge in [0.05, 0.1) is 39.9 Å². The van der Waals surface area contributed by atoms with Crippen LogP contribution in [0.25, 0.3) is 0 Å². The number of anilines is 1. The Labute approximate surface area is 222 Å². The van der Waals surface area contributed by atoms with E-state index in [2.05, 4.69) is 13.2 Å². The van der Waals surface area contributed by atoms with E-state index in [1.54, 1.807) is 72.0 Å². The van der Waals surface area contributed by atoms with Gasteiger partial charge in [0.25, 0.3) is 5.91 Å². The normalized spacial score (nSPS) is 31.2. The van der Waals surface area contributed by atoms with Gasteiger partial charge in [-0.2, -0.15) is 0 Å². The third kappa shape index (κ3) is 3.89. The van der Waals surface area contributed by atoms with Gasteiger partial charge < -0.3 is 19.8 Å². The molecule has 3 saturated heterocycles. The summed E-state index contributed by atoms with van der Waals surface area (Å²) in [6.45, 7) is 11.6. The lowest BCUT2D eigenvalue weighted by Gasteiger charge is -2.39. The van der Waals surface area contributed by atoms with E-state index in [1.165, 1.54) is 4.90 Å². The number of fused-ring (bicyclic) bond motifs is 1. The number of amides is 3. The van der Waals surface area contributed by atoms with Gasteiger partial charge in [0, 0.05) is 24.9 Å². The number of carbonyl (C=O) groups excluding carboxylic acids is 3. The van der Waals surface area contributed by atoms with Gasteiger partial charge >= 0.3 is 0 Å². The first kappa shape index (κ1) is 26.8. The van der Waals surface area contributed by atoms with Gasteiger partial charge in [0.15, 0.2) is 0 Å². The van der Waals surface area contributed by atoms with Crippen molar-refractivity contribution in [1.82, 2.24) is 9.80 Å². The second kappa shape index (κ2) is 9.88. The highest BCUT2D eigenvalue weighted by atomic mass is 35.5. The first-order chi connectivity index (χ1) is 17.1. The topological polar surface area (TPSA) is 81.2 Å². The lowest BCUT2D eigenvalue weighted by Crippen LogP contribution is -2.57. The number of likely N-dealkylation sites (N-methyl/N-ethyl adjacent to an activating group) is 1. The van der Waals surface area contributed by atoms with Crippen LogP contribution in [0.4, 0.5) is 5.69 Å². The van der Waals surface area contributed by atoms with Crippen LogP contribution >= 0.6 is 23.4 Å². The summed E-state index contributed by atoms with van der Waals surface area (Å²) < 4.78 is -1.24. The van der Waals surface area contributed by atoms with Crippen LogP contribution < -0.4 is 4.90 Å². The average molecular weight is 532 g/mol. The molecule has 36 heavy (non-hydrogen) atoms. The Hall–Kier alpha value is -2.29. The second-order valence-corrected chi connectivity index (χ2v) is 12.5. The number of para-hydroxylation sites is 1. The van der Waals surface area contributed by atoms with Crippen LogP contribution in [-0.4, -0.2) is 80.9 Å². The molecule has 0 aliphatic carbocycles. The molecule has 3 fully saturated rings. The Morgan fingerprint density at radius 2 is 1.92 bits per heavy atom. The third-order valence-corrected chi connectivity index (χ3v) is 10.3. The van der Waals surface area contributed by atoms with E-state index in [1.807, 2.05) is 6.92 Å². The summed E-state index contributed by atoms with van der Waals surface area (Å²) in [5.41, 5.74) is 0.537. The first-order valence-corrected chi connectivity index (χ1v) is 13.4. The quantitative estimate of drug-likeness (QED) is 0.494. The average Bonchev–Trinajstić information content (AvgIpc) is 3.42. The number of thioether (sulfide) groups is 1. The second-order valence-electron chi connectivity index (χ2n) is 10.2.